The number of nitrogens with zero attached hydrogens (tertiary/aromatic N) is 5. The molecular formula is C19H29N7O. The van der Waals surface area contributed by atoms with Crippen LogP contribution in [0.4, 0.5) is 0 Å². The first-order valence-corrected chi connectivity index (χ1v) is 10.2. The molecule has 27 heavy (non-hydrogen) atoms. The average Bonchev–Trinajstić information content (AvgIpc) is 3.38. The lowest BCUT2D eigenvalue weighted by Crippen LogP contribution is -2.38. The minimum atomic E-state index is 0.00166. The van der Waals surface area contributed by atoms with Crippen LogP contribution < -0.4 is 5.32 Å². The van der Waals surface area contributed by atoms with Gasteiger partial charge < -0.3 is 10.2 Å². The first-order chi connectivity index (χ1) is 13.2. The van der Waals surface area contributed by atoms with Crippen LogP contribution in [0.3, 0.4) is 0 Å². The van der Waals surface area contributed by atoms with E-state index in [1.165, 1.54) is 24.1 Å². The van der Waals surface area contributed by atoms with Gasteiger partial charge in [0, 0.05) is 31.2 Å². The Morgan fingerprint density at radius 1 is 1.30 bits per heavy atom. The Balaban J connectivity index is 1.33. The Labute approximate surface area is 159 Å². The summed E-state index contributed by atoms with van der Waals surface area (Å²) >= 11 is 0. The van der Waals surface area contributed by atoms with Crippen molar-refractivity contribution in [2.45, 2.75) is 51.5 Å². The van der Waals surface area contributed by atoms with E-state index in [9.17, 15) is 4.79 Å². The Bertz CT molecular complexity index is 754. The molecule has 1 unspecified atom stereocenters. The smallest absolute Gasteiger partial charge is 0.276 e. The maximum absolute atomic E-state index is 12.8. The highest BCUT2D eigenvalue weighted by molar-refractivity contribution is 5.92. The molecule has 2 aromatic rings. The van der Waals surface area contributed by atoms with Crippen LogP contribution in [-0.2, 0) is 13.0 Å². The lowest BCUT2D eigenvalue weighted by atomic mass is 9.91. The lowest BCUT2D eigenvalue weighted by molar-refractivity contribution is 0.0706. The molecule has 4 rings (SSSR count). The summed E-state index contributed by atoms with van der Waals surface area (Å²) < 4.78 is 1.83. The van der Waals surface area contributed by atoms with Gasteiger partial charge in [0.15, 0.2) is 5.69 Å². The number of aryl methyl sites for hydroxylation is 1. The molecule has 8 nitrogen and oxygen atoms in total. The second-order valence-electron chi connectivity index (χ2n) is 7.77. The molecular weight excluding hydrogens is 342 g/mol. The number of hydrogen-bond donors (Lipinski definition) is 2. The zero-order valence-electron chi connectivity index (χ0n) is 16.0. The molecule has 1 atom stereocenters. The van der Waals surface area contributed by atoms with Crippen molar-refractivity contribution in [3.05, 3.63) is 29.3 Å². The van der Waals surface area contributed by atoms with Gasteiger partial charge in [0.1, 0.15) is 0 Å². The number of nitrogens with one attached hydrogen (secondary N) is 2. The number of amides is 1. The largest absolute Gasteiger partial charge is 0.337 e. The van der Waals surface area contributed by atoms with Gasteiger partial charge >= 0.3 is 0 Å². The van der Waals surface area contributed by atoms with Crippen molar-refractivity contribution in [3.8, 4) is 0 Å². The molecule has 0 spiro atoms. The highest BCUT2D eigenvalue weighted by Crippen LogP contribution is 2.29. The molecule has 0 bridgehead atoms. The van der Waals surface area contributed by atoms with Crippen molar-refractivity contribution >= 4 is 5.91 Å². The molecule has 0 aliphatic carbocycles. The van der Waals surface area contributed by atoms with Crippen LogP contribution in [-0.4, -0.2) is 62.2 Å². The van der Waals surface area contributed by atoms with E-state index in [2.05, 4.69) is 32.7 Å². The molecule has 2 N–H and O–H groups in total. The first-order valence-electron chi connectivity index (χ1n) is 10.2. The van der Waals surface area contributed by atoms with E-state index < -0.39 is 0 Å². The van der Waals surface area contributed by atoms with Crippen LogP contribution in [0.25, 0.3) is 0 Å². The maximum atomic E-state index is 12.8. The molecule has 8 heteroatoms. The number of aromatic amines is 1. The number of aromatic nitrogens is 5. The summed E-state index contributed by atoms with van der Waals surface area (Å²) in [6.07, 6.45) is 9.06. The number of piperidine rings is 2. The van der Waals surface area contributed by atoms with E-state index in [0.717, 1.165) is 52.0 Å². The maximum Gasteiger partial charge on any atom is 0.276 e. The molecule has 2 aromatic heterocycles. The van der Waals surface area contributed by atoms with E-state index in [1.807, 2.05) is 22.0 Å². The fraction of sp³-hybridized carbons (Fsp3) is 0.684. The van der Waals surface area contributed by atoms with Gasteiger partial charge in [0.2, 0.25) is 0 Å². The summed E-state index contributed by atoms with van der Waals surface area (Å²) in [6, 6.07) is 0. The Kier molecular flexibility index (Phi) is 5.52. The molecule has 2 aliphatic rings. The summed E-state index contributed by atoms with van der Waals surface area (Å²) in [5.41, 5.74) is 3.00. The summed E-state index contributed by atoms with van der Waals surface area (Å²) in [6.45, 7) is 6.61. The van der Waals surface area contributed by atoms with Crippen molar-refractivity contribution in [1.29, 1.82) is 0 Å². The quantitative estimate of drug-likeness (QED) is 0.833. The number of carbonyl (C=O) groups is 1. The molecule has 0 radical (unpaired) electrons. The van der Waals surface area contributed by atoms with Crippen LogP contribution in [0.1, 0.15) is 60.3 Å². The number of carbonyl (C=O) groups excluding carboxylic acids is 1. The molecule has 0 aromatic carbocycles. The second kappa shape index (κ2) is 8.21. The van der Waals surface area contributed by atoms with Crippen molar-refractivity contribution in [1.82, 2.24) is 35.4 Å². The van der Waals surface area contributed by atoms with Crippen LogP contribution in [0.5, 0.6) is 0 Å². The van der Waals surface area contributed by atoms with Gasteiger partial charge in [-0.25, -0.2) is 0 Å². The molecule has 0 saturated carbocycles. The minimum Gasteiger partial charge on any atom is -0.337 e. The van der Waals surface area contributed by atoms with Crippen molar-refractivity contribution in [3.63, 3.8) is 0 Å². The van der Waals surface area contributed by atoms with E-state index in [1.54, 1.807) is 0 Å². The molecule has 4 heterocycles. The van der Waals surface area contributed by atoms with Gasteiger partial charge in [-0.1, -0.05) is 12.1 Å². The lowest BCUT2D eigenvalue weighted by Gasteiger charge is -2.31. The summed E-state index contributed by atoms with van der Waals surface area (Å²) in [5, 5.41) is 19.1. The van der Waals surface area contributed by atoms with Gasteiger partial charge in [-0.15, -0.1) is 5.10 Å². The van der Waals surface area contributed by atoms with Crippen LogP contribution in [0, 0.1) is 5.92 Å². The predicted octanol–water partition coefficient (Wildman–Crippen LogP) is 1.58. The zero-order valence-corrected chi connectivity index (χ0v) is 16.0. The van der Waals surface area contributed by atoms with Crippen molar-refractivity contribution < 1.29 is 4.79 Å². The SMILES string of the molecule is CCc1cn[nH]c1C1CCN(C(=O)c2cn(CC3CCCNC3)nn2)CC1. The highest BCUT2D eigenvalue weighted by atomic mass is 16.2. The fourth-order valence-electron chi connectivity index (χ4n) is 4.32. The first kappa shape index (κ1) is 18.2. The van der Waals surface area contributed by atoms with E-state index in [-0.39, 0.29) is 5.91 Å². The third kappa shape index (κ3) is 4.05. The molecule has 1 amide bonds. The number of H-pyrrole nitrogens is 1. The van der Waals surface area contributed by atoms with Crippen LogP contribution >= 0.6 is 0 Å². The molecule has 2 saturated heterocycles. The Morgan fingerprint density at radius 2 is 2.15 bits per heavy atom. The molecule has 146 valence electrons. The Morgan fingerprint density at radius 3 is 2.89 bits per heavy atom. The molecule has 2 fully saturated rings. The van der Waals surface area contributed by atoms with E-state index in [4.69, 9.17) is 0 Å². The highest BCUT2D eigenvalue weighted by Gasteiger charge is 2.28. The average molecular weight is 371 g/mol. The zero-order chi connectivity index (χ0) is 18.6. The third-order valence-electron chi connectivity index (χ3n) is 5.92. The fourth-order valence-corrected chi connectivity index (χ4v) is 4.32. The monoisotopic (exact) mass is 371 g/mol. The van der Waals surface area contributed by atoms with Crippen LogP contribution in [0.2, 0.25) is 0 Å². The predicted molar refractivity (Wildman–Crippen MR) is 101 cm³/mol. The number of likely N-dealkylation sites (tertiary alicyclic amines) is 1. The van der Waals surface area contributed by atoms with Gasteiger partial charge in [-0.3, -0.25) is 14.6 Å². The van der Waals surface area contributed by atoms with Gasteiger partial charge in [0.05, 0.1) is 12.4 Å². The second-order valence-corrected chi connectivity index (χ2v) is 7.77. The van der Waals surface area contributed by atoms with Gasteiger partial charge in [-0.2, -0.15) is 5.10 Å². The van der Waals surface area contributed by atoms with Gasteiger partial charge in [0.25, 0.3) is 5.91 Å². The van der Waals surface area contributed by atoms with Gasteiger partial charge in [-0.05, 0) is 56.7 Å². The Hall–Kier alpha value is -2.22. The summed E-state index contributed by atoms with van der Waals surface area (Å²) in [4.78, 5) is 14.7. The van der Waals surface area contributed by atoms with E-state index >= 15 is 0 Å². The minimum absolute atomic E-state index is 0.00166. The standard InChI is InChI=1S/C19H29N7O/c1-2-15-11-21-23-18(15)16-5-8-25(9-6-16)19(27)17-13-26(24-22-17)12-14-4-3-7-20-10-14/h11,13-14,16,20H,2-10,12H2,1H3,(H,21,23). The van der Waals surface area contributed by atoms with Crippen molar-refractivity contribution in [2.75, 3.05) is 26.2 Å². The summed E-state index contributed by atoms with van der Waals surface area (Å²) in [7, 11) is 0. The summed E-state index contributed by atoms with van der Waals surface area (Å²) in [5.74, 6) is 1.03. The third-order valence-corrected chi connectivity index (χ3v) is 5.92. The van der Waals surface area contributed by atoms with Crippen LogP contribution in [0.15, 0.2) is 12.4 Å². The van der Waals surface area contributed by atoms with E-state index in [0.29, 0.717) is 17.5 Å². The topological polar surface area (TPSA) is 91.7 Å². The number of rotatable bonds is 5. The number of hydrogen-bond acceptors (Lipinski definition) is 5. The van der Waals surface area contributed by atoms with Crippen molar-refractivity contribution in [2.24, 2.45) is 5.92 Å². The normalized spacial score (nSPS) is 21.5. The molecule has 2 aliphatic heterocycles.